The van der Waals surface area contributed by atoms with Crippen LogP contribution in [-0.4, -0.2) is 19.0 Å². The van der Waals surface area contributed by atoms with E-state index in [9.17, 15) is 4.79 Å². The molecule has 0 saturated heterocycles. The van der Waals surface area contributed by atoms with Crippen LogP contribution >= 0.6 is 0 Å². The standard InChI is InChI=1S/C15H24O2/c1-9(2)11-5-6-15(17-4)13-8-14(16)10(3)7-12(11)13/h7,9,11-13,15H,5-6,8H2,1-4H3/t11-,12-,13-,15-/m0/s1. The molecule has 1 fully saturated rings. The van der Waals surface area contributed by atoms with E-state index < -0.39 is 0 Å². The summed E-state index contributed by atoms with van der Waals surface area (Å²) in [5, 5.41) is 0. The van der Waals surface area contributed by atoms with Gasteiger partial charge in [0.1, 0.15) is 0 Å². The largest absolute Gasteiger partial charge is 0.381 e. The van der Waals surface area contributed by atoms with Gasteiger partial charge in [0.25, 0.3) is 0 Å². The predicted octanol–water partition coefficient (Wildman–Crippen LogP) is 3.22. The quantitative estimate of drug-likeness (QED) is 0.736. The van der Waals surface area contributed by atoms with Gasteiger partial charge in [-0.05, 0) is 49.0 Å². The van der Waals surface area contributed by atoms with E-state index in [1.807, 2.05) is 6.92 Å². The van der Waals surface area contributed by atoms with Gasteiger partial charge in [-0.3, -0.25) is 4.79 Å². The van der Waals surface area contributed by atoms with Crippen LogP contribution in [0.1, 0.15) is 40.0 Å². The zero-order chi connectivity index (χ0) is 12.6. The Labute approximate surface area is 104 Å². The maximum Gasteiger partial charge on any atom is 0.158 e. The fraction of sp³-hybridized carbons (Fsp3) is 0.800. The van der Waals surface area contributed by atoms with Crippen molar-refractivity contribution in [1.82, 2.24) is 0 Å². The zero-order valence-electron chi connectivity index (χ0n) is 11.4. The molecule has 2 heteroatoms. The Morgan fingerprint density at radius 1 is 1.35 bits per heavy atom. The molecule has 0 aliphatic heterocycles. The van der Waals surface area contributed by atoms with Gasteiger partial charge in [0.2, 0.25) is 0 Å². The van der Waals surface area contributed by atoms with Crippen LogP contribution in [0.2, 0.25) is 0 Å². The number of ether oxygens (including phenoxy) is 1. The first-order valence-corrected chi connectivity index (χ1v) is 6.79. The van der Waals surface area contributed by atoms with Gasteiger partial charge >= 0.3 is 0 Å². The minimum absolute atomic E-state index is 0.281. The van der Waals surface area contributed by atoms with E-state index in [2.05, 4.69) is 19.9 Å². The van der Waals surface area contributed by atoms with E-state index in [0.717, 1.165) is 17.9 Å². The van der Waals surface area contributed by atoms with E-state index >= 15 is 0 Å². The number of hydrogen-bond acceptors (Lipinski definition) is 2. The molecule has 4 atom stereocenters. The third-order valence-electron chi connectivity index (χ3n) is 4.71. The topological polar surface area (TPSA) is 26.3 Å². The van der Waals surface area contributed by atoms with E-state index in [4.69, 9.17) is 4.74 Å². The second kappa shape index (κ2) is 4.93. The number of methoxy groups -OCH3 is 1. The highest BCUT2D eigenvalue weighted by Crippen LogP contribution is 2.45. The summed E-state index contributed by atoms with van der Waals surface area (Å²) >= 11 is 0. The van der Waals surface area contributed by atoms with Gasteiger partial charge < -0.3 is 4.74 Å². The summed E-state index contributed by atoms with van der Waals surface area (Å²) < 4.78 is 5.59. The fourth-order valence-electron chi connectivity index (χ4n) is 3.67. The molecule has 0 amide bonds. The van der Waals surface area contributed by atoms with Crippen LogP contribution in [0.15, 0.2) is 11.6 Å². The molecule has 0 radical (unpaired) electrons. The molecule has 0 N–H and O–H groups in total. The SMILES string of the molecule is CO[C@H]1CC[C@@H](C(C)C)[C@@H]2C=C(C)C(=O)C[C@@H]21. The molecule has 0 aromatic carbocycles. The average molecular weight is 236 g/mol. The van der Waals surface area contributed by atoms with Crippen molar-refractivity contribution in [2.24, 2.45) is 23.7 Å². The molecule has 2 aliphatic rings. The van der Waals surface area contributed by atoms with Gasteiger partial charge in [-0.1, -0.05) is 19.9 Å². The van der Waals surface area contributed by atoms with Crippen molar-refractivity contribution in [1.29, 1.82) is 0 Å². The van der Waals surface area contributed by atoms with Crippen molar-refractivity contribution in [3.05, 3.63) is 11.6 Å². The molecular formula is C15H24O2. The van der Waals surface area contributed by atoms with Gasteiger partial charge in [-0.15, -0.1) is 0 Å². The molecule has 17 heavy (non-hydrogen) atoms. The summed E-state index contributed by atoms with van der Waals surface area (Å²) in [5.41, 5.74) is 0.966. The molecule has 2 nitrogen and oxygen atoms in total. The van der Waals surface area contributed by atoms with Crippen LogP contribution in [0, 0.1) is 23.7 Å². The Morgan fingerprint density at radius 2 is 2.06 bits per heavy atom. The molecule has 0 heterocycles. The van der Waals surface area contributed by atoms with E-state index in [0.29, 0.717) is 30.0 Å². The summed E-state index contributed by atoms with van der Waals surface area (Å²) in [4.78, 5) is 11.9. The maximum atomic E-state index is 11.9. The number of allylic oxidation sites excluding steroid dienone is 2. The number of rotatable bonds is 2. The lowest BCUT2D eigenvalue weighted by atomic mass is 9.62. The van der Waals surface area contributed by atoms with Crippen molar-refractivity contribution in [3.8, 4) is 0 Å². The molecule has 1 saturated carbocycles. The maximum absolute atomic E-state index is 11.9. The number of ketones is 1. The van der Waals surface area contributed by atoms with Crippen LogP contribution in [-0.2, 0) is 9.53 Å². The number of Topliss-reactive ketones (excluding diaryl/α,β-unsaturated/α-hetero) is 1. The molecule has 0 spiro atoms. The van der Waals surface area contributed by atoms with E-state index in [1.165, 1.54) is 6.42 Å². The molecule has 0 bridgehead atoms. The molecule has 0 unspecified atom stereocenters. The monoisotopic (exact) mass is 236 g/mol. The van der Waals surface area contributed by atoms with Crippen LogP contribution < -0.4 is 0 Å². The Balaban J connectivity index is 2.28. The highest BCUT2D eigenvalue weighted by atomic mass is 16.5. The Kier molecular flexibility index (Phi) is 3.72. The third-order valence-corrected chi connectivity index (χ3v) is 4.71. The zero-order valence-corrected chi connectivity index (χ0v) is 11.4. The molecule has 96 valence electrons. The van der Waals surface area contributed by atoms with E-state index in [1.54, 1.807) is 7.11 Å². The van der Waals surface area contributed by atoms with Crippen molar-refractivity contribution in [2.75, 3.05) is 7.11 Å². The number of carbonyl (C=O) groups excluding carboxylic acids is 1. The van der Waals surface area contributed by atoms with Gasteiger partial charge in [0, 0.05) is 13.5 Å². The molecular weight excluding hydrogens is 212 g/mol. The van der Waals surface area contributed by atoms with Crippen molar-refractivity contribution in [2.45, 2.75) is 46.1 Å². The predicted molar refractivity (Wildman–Crippen MR) is 68.7 cm³/mol. The molecule has 2 rings (SSSR count). The third kappa shape index (κ3) is 2.33. The highest BCUT2D eigenvalue weighted by molar-refractivity contribution is 5.95. The molecule has 0 aromatic heterocycles. The smallest absolute Gasteiger partial charge is 0.158 e. The lowest BCUT2D eigenvalue weighted by Gasteiger charge is -2.45. The minimum Gasteiger partial charge on any atom is -0.381 e. The Hall–Kier alpha value is -0.630. The van der Waals surface area contributed by atoms with Crippen LogP contribution in [0.4, 0.5) is 0 Å². The van der Waals surface area contributed by atoms with E-state index in [-0.39, 0.29) is 6.10 Å². The Morgan fingerprint density at radius 3 is 2.65 bits per heavy atom. The number of hydrogen-bond donors (Lipinski definition) is 0. The first kappa shape index (κ1) is 12.8. The second-order valence-corrected chi connectivity index (χ2v) is 5.98. The summed E-state index contributed by atoms with van der Waals surface area (Å²) in [5.74, 6) is 2.69. The summed E-state index contributed by atoms with van der Waals surface area (Å²) in [6.45, 7) is 6.56. The van der Waals surface area contributed by atoms with Crippen LogP contribution in [0.5, 0.6) is 0 Å². The normalized spacial score (nSPS) is 37.9. The summed E-state index contributed by atoms with van der Waals surface area (Å²) in [7, 11) is 1.78. The fourth-order valence-corrected chi connectivity index (χ4v) is 3.67. The van der Waals surface area contributed by atoms with Crippen molar-refractivity contribution < 1.29 is 9.53 Å². The lowest BCUT2D eigenvalue weighted by Crippen LogP contribution is -2.43. The van der Waals surface area contributed by atoms with Gasteiger partial charge in [0.05, 0.1) is 6.10 Å². The summed E-state index contributed by atoms with van der Waals surface area (Å²) in [6, 6.07) is 0. The van der Waals surface area contributed by atoms with Gasteiger partial charge in [-0.2, -0.15) is 0 Å². The minimum atomic E-state index is 0.281. The van der Waals surface area contributed by atoms with Crippen LogP contribution in [0.25, 0.3) is 0 Å². The highest BCUT2D eigenvalue weighted by Gasteiger charge is 2.42. The average Bonchev–Trinajstić information content (AvgIpc) is 2.29. The Bertz CT molecular complexity index is 330. The first-order chi connectivity index (χ1) is 8.04. The van der Waals surface area contributed by atoms with Gasteiger partial charge in [0.15, 0.2) is 5.78 Å². The second-order valence-electron chi connectivity index (χ2n) is 5.98. The van der Waals surface area contributed by atoms with Crippen molar-refractivity contribution in [3.63, 3.8) is 0 Å². The van der Waals surface area contributed by atoms with Crippen molar-refractivity contribution >= 4 is 5.78 Å². The molecule has 2 aliphatic carbocycles. The summed E-state index contributed by atoms with van der Waals surface area (Å²) in [6.07, 6.45) is 5.54. The van der Waals surface area contributed by atoms with Crippen LogP contribution in [0.3, 0.4) is 0 Å². The number of carbonyl (C=O) groups is 1. The molecule has 0 aromatic rings. The number of fused-ring (bicyclic) bond motifs is 1. The van der Waals surface area contributed by atoms with Gasteiger partial charge in [-0.25, -0.2) is 0 Å². The lowest BCUT2D eigenvalue weighted by molar-refractivity contribution is -0.121. The first-order valence-electron chi connectivity index (χ1n) is 6.79.